The number of Topliss-reactive ketones (excluding diaryl/α,β-unsaturated/α-hetero) is 1. The van der Waals surface area contributed by atoms with Crippen LogP contribution in [0, 0.1) is 0 Å². The van der Waals surface area contributed by atoms with Gasteiger partial charge in [0.05, 0.1) is 0 Å². The fourth-order valence-corrected chi connectivity index (χ4v) is 1.30. The molecule has 0 heterocycles. The molecular formula is C12H27NO. The lowest BCUT2D eigenvalue weighted by Gasteiger charge is -2.18. The number of carbonyl (C=O) groups is 1. The normalized spacial score (nSPS) is 9.57. The maximum absolute atomic E-state index is 10.7. The van der Waals surface area contributed by atoms with Crippen LogP contribution in [0.5, 0.6) is 0 Å². The van der Waals surface area contributed by atoms with E-state index >= 15 is 0 Å². The van der Waals surface area contributed by atoms with Gasteiger partial charge in [0.2, 0.25) is 0 Å². The smallest absolute Gasteiger partial charge is 0.129 e. The van der Waals surface area contributed by atoms with Gasteiger partial charge < -0.3 is 9.69 Å². The molecule has 0 spiro atoms. The Balaban J connectivity index is 0. The molecule has 0 saturated carbocycles. The minimum atomic E-state index is 0.308. The fraction of sp³-hybridized carbons (Fsp3) is 0.917. The second kappa shape index (κ2) is 12.6. The summed E-state index contributed by atoms with van der Waals surface area (Å²) >= 11 is 0. The van der Waals surface area contributed by atoms with Gasteiger partial charge in [-0.3, -0.25) is 0 Å². The van der Waals surface area contributed by atoms with Gasteiger partial charge in [0.15, 0.2) is 0 Å². The van der Waals surface area contributed by atoms with Crippen LogP contribution in [0.1, 0.15) is 53.9 Å². The lowest BCUT2D eigenvalue weighted by molar-refractivity contribution is -0.117. The quantitative estimate of drug-likeness (QED) is 0.631. The van der Waals surface area contributed by atoms with Gasteiger partial charge in [-0.2, -0.15) is 0 Å². The average Bonchev–Trinajstić information content (AvgIpc) is 2.19. The molecule has 0 fully saturated rings. The van der Waals surface area contributed by atoms with Gasteiger partial charge in [0, 0.05) is 6.42 Å². The van der Waals surface area contributed by atoms with Crippen molar-refractivity contribution in [1.82, 2.24) is 4.90 Å². The number of carbonyl (C=O) groups excluding carboxylic acids is 1. The van der Waals surface area contributed by atoms with E-state index in [4.69, 9.17) is 0 Å². The molecule has 0 aliphatic heterocycles. The van der Waals surface area contributed by atoms with Crippen molar-refractivity contribution in [2.75, 3.05) is 19.6 Å². The zero-order valence-corrected chi connectivity index (χ0v) is 10.6. The van der Waals surface area contributed by atoms with Crippen molar-refractivity contribution >= 4 is 5.78 Å². The van der Waals surface area contributed by atoms with Crippen molar-refractivity contribution in [1.29, 1.82) is 0 Å². The third-order valence-corrected chi connectivity index (χ3v) is 1.99. The van der Waals surface area contributed by atoms with Gasteiger partial charge >= 0.3 is 0 Å². The van der Waals surface area contributed by atoms with E-state index in [0.29, 0.717) is 5.78 Å². The van der Waals surface area contributed by atoms with E-state index in [1.807, 2.05) is 13.8 Å². The molecule has 0 aliphatic rings. The van der Waals surface area contributed by atoms with E-state index in [-0.39, 0.29) is 0 Å². The Morgan fingerprint density at radius 2 is 1.71 bits per heavy atom. The second-order valence-electron chi connectivity index (χ2n) is 3.24. The lowest BCUT2D eigenvalue weighted by atomic mass is 10.2. The minimum Gasteiger partial charge on any atom is -0.304 e. The molecule has 0 saturated heterocycles. The SMILES string of the molecule is CC.CCCN(CC)CCCC(C)=O. The molecular weight excluding hydrogens is 174 g/mol. The summed E-state index contributed by atoms with van der Waals surface area (Å²) in [6.45, 7) is 13.4. The van der Waals surface area contributed by atoms with Crippen LogP contribution in [0.3, 0.4) is 0 Å². The maximum Gasteiger partial charge on any atom is 0.129 e. The van der Waals surface area contributed by atoms with Crippen LogP contribution in [0.25, 0.3) is 0 Å². The molecule has 0 aromatic rings. The number of rotatable bonds is 7. The summed E-state index contributed by atoms with van der Waals surface area (Å²) in [6.07, 6.45) is 2.96. The van der Waals surface area contributed by atoms with Crippen LogP contribution in [0.2, 0.25) is 0 Å². The van der Waals surface area contributed by atoms with E-state index in [2.05, 4.69) is 18.7 Å². The summed E-state index contributed by atoms with van der Waals surface area (Å²) in [4.78, 5) is 13.0. The van der Waals surface area contributed by atoms with Crippen molar-refractivity contribution in [3.8, 4) is 0 Å². The molecule has 0 bridgehead atoms. The molecule has 0 rings (SSSR count). The van der Waals surface area contributed by atoms with Crippen LogP contribution in [-0.2, 0) is 4.79 Å². The predicted octanol–water partition coefficient (Wildman–Crippen LogP) is 3.11. The van der Waals surface area contributed by atoms with Crippen molar-refractivity contribution in [3.63, 3.8) is 0 Å². The molecule has 2 heteroatoms. The molecule has 0 amide bonds. The highest BCUT2D eigenvalue weighted by Gasteiger charge is 2.00. The Hall–Kier alpha value is -0.370. The molecule has 14 heavy (non-hydrogen) atoms. The standard InChI is InChI=1S/C10H21NO.C2H6/c1-4-8-11(5-2)9-6-7-10(3)12;1-2/h4-9H2,1-3H3;1-2H3. The average molecular weight is 201 g/mol. The van der Waals surface area contributed by atoms with E-state index in [1.165, 1.54) is 6.42 Å². The summed E-state index contributed by atoms with van der Waals surface area (Å²) in [5.74, 6) is 0.308. The monoisotopic (exact) mass is 201 g/mol. The second-order valence-corrected chi connectivity index (χ2v) is 3.24. The highest BCUT2D eigenvalue weighted by atomic mass is 16.1. The number of nitrogens with zero attached hydrogens (tertiary/aromatic N) is 1. The first kappa shape index (κ1) is 16.1. The summed E-state index contributed by atoms with van der Waals surface area (Å²) < 4.78 is 0. The van der Waals surface area contributed by atoms with Crippen molar-refractivity contribution < 1.29 is 4.79 Å². The van der Waals surface area contributed by atoms with Gasteiger partial charge in [0.25, 0.3) is 0 Å². The van der Waals surface area contributed by atoms with E-state index < -0.39 is 0 Å². The summed E-state index contributed by atoms with van der Waals surface area (Å²) in [5, 5.41) is 0. The van der Waals surface area contributed by atoms with Crippen LogP contribution >= 0.6 is 0 Å². The highest BCUT2D eigenvalue weighted by Crippen LogP contribution is 1.97. The van der Waals surface area contributed by atoms with Gasteiger partial charge in [-0.25, -0.2) is 0 Å². The summed E-state index contributed by atoms with van der Waals surface area (Å²) in [6, 6.07) is 0. The predicted molar refractivity (Wildman–Crippen MR) is 63.7 cm³/mol. The zero-order chi connectivity index (χ0) is 11.4. The molecule has 0 unspecified atom stereocenters. The van der Waals surface area contributed by atoms with E-state index in [9.17, 15) is 4.79 Å². The minimum absolute atomic E-state index is 0.308. The number of hydrogen-bond acceptors (Lipinski definition) is 2. The molecule has 0 radical (unpaired) electrons. The Labute approximate surface area is 89.7 Å². The topological polar surface area (TPSA) is 20.3 Å². The largest absolute Gasteiger partial charge is 0.304 e. The highest BCUT2D eigenvalue weighted by molar-refractivity contribution is 5.75. The Bertz CT molecular complexity index is 123. The van der Waals surface area contributed by atoms with E-state index in [1.54, 1.807) is 6.92 Å². The van der Waals surface area contributed by atoms with E-state index in [0.717, 1.165) is 32.5 Å². The van der Waals surface area contributed by atoms with Crippen molar-refractivity contribution in [2.24, 2.45) is 0 Å². The van der Waals surface area contributed by atoms with Crippen LogP contribution < -0.4 is 0 Å². The van der Waals surface area contributed by atoms with Crippen molar-refractivity contribution in [3.05, 3.63) is 0 Å². The van der Waals surface area contributed by atoms with Crippen LogP contribution in [0.4, 0.5) is 0 Å². The van der Waals surface area contributed by atoms with Gasteiger partial charge in [-0.15, -0.1) is 0 Å². The molecule has 0 aromatic carbocycles. The van der Waals surface area contributed by atoms with Gasteiger partial charge in [-0.05, 0) is 39.4 Å². The van der Waals surface area contributed by atoms with Gasteiger partial charge in [0.1, 0.15) is 5.78 Å². The maximum atomic E-state index is 10.7. The van der Waals surface area contributed by atoms with Crippen LogP contribution in [0.15, 0.2) is 0 Å². The number of ketones is 1. The molecule has 0 atom stereocenters. The van der Waals surface area contributed by atoms with Crippen molar-refractivity contribution in [2.45, 2.75) is 53.9 Å². The van der Waals surface area contributed by atoms with Crippen LogP contribution in [-0.4, -0.2) is 30.3 Å². The fourth-order valence-electron chi connectivity index (χ4n) is 1.30. The first-order chi connectivity index (χ1) is 6.70. The first-order valence-electron chi connectivity index (χ1n) is 5.92. The molecule has 86 valence electrons. The molecule has 0 N–H and O–H groups in total. The third kappa shape index (κ3) is 11.6. The van der Waals surface area contributed by atoms with Gasteiger partial charge in [-0.1, -0.05) is 27.7 Å². The Morgan fingerprint density at radius 3 is 2.07 bits per heavy atom. The first-order valence-corrected chi connectivity index (χ1v) is 5.92. The molecule has 2 nitrogen and oxygen atoms in total. The Kier molecular flexibility index (Phi) is 14.5. The number of hydrogen-bond donors (Lipinski definition) is 0. The Morgan fingerprint density at radius 1 is 1.14 bits per heavy atom. The summed E-state index contributed by atoms with van der Waals surface area (Å²) in [5.41, 5.74) is 0. The molecule has 0 aromatic heterocycles. The summed E-state index contributed by atoms with van der Waals surface area (Å²) in [7, 11) is 0. The zero-order valence-electron chi connectivity index (χ0n) is 10.6. The molecule has 0 aliphatic carbocycles. The third-order valence-electron chi connectivity index (χ3n) is 1.99. The lowest BCUT2D eigenvalue weighted by Crippen LogP contribution is -2.25.